The van der Waals surface area contributed by atoms with Crippen LogP contribution in [0.3, 0.4) is 0 Å². The number of nitrogens with zero attached hydrogens (tertiary/aromatic N) is 2. The van der Waals surface area contributed by atoms with Crippen LogP contribution >= 0.6 is 23.1 Å². The second kappa shape index (κ2) is 6.26. The lowest BCUT2D eigenvalue weighted by molar-refractivity contribution is -0.135. The maximum Gasteiger partial charge on any atom is 0.294 e. The van der Waals surface area contributed by atoms with Crippen molar-refractivity contribution in [3.8, 4) is 0 Å². The van der Waals surface area contributed by atoms with Crippen LogP contribution in [-0.4, -0.2) is 46.5 Å². The Morgan fingerprint density at radius 2 is 2.00 bits per heavy atom. The highest BCUT2D eigenvalue weighted by molar-refractivity contribution is 8.18. The number of imide groups is 1. The van der Waals surface area contributed by atoms with E-state index >= 15 is 0 Å². The van der Waals surface area contributed by atoms with E-state index in [1.54, 1.807) is 22.3 Å². The van der Waals surface area contributed by atoms with Gasteiger partial charge in [-0.3, -0.25) is 19.3 Å². The van der Waals surface area contributed by atoms with Gasteiger partial charge in [-0.1, -0.05) is 0 Å². The minimum absolute atomic E-state index is 0.145. The molecule has 0 spiro atoms. The minimum Gasteiger partial charge on any atom is -0.341 e. The van der Waals surface area contributed by atoms with Gasteiger partial charge in [0.1, 0.15) is 6.54 Å². The van der Waals surface area contributed by atoms with Gasteiger partial charge < -0.3 is 4.90 Å². The molecule has 2 fully saturated rings. The molecule has 2 aliphatic rings. The first-order chi connectivity index (χ1) is 10.5. The molecule has 3 amide bonds. The molecule has 0 N–H and O–H groups in total. The average Bonchev–Trinajstić information content (AvgIpc) is 3.18. The summed E-state index contributed by atoms with van der Waals surface area (Å²) in [6.45, 7) is 3.28. The average molecular weight is 336 g/mol. The third-order valence-electron chi connectivity index (χ3n) is 3.66. The molecule has 3 rings (SSSR count). The summed E-state index contributed by atoms with van der Waals surface area (Å²) in [5.41, 5.74) is 0. The van der Waals surface area contributed by atoms with Crippen molar-refractivity contribution in [1.82, 2.24) is 9.80 Å². The molecule has 2 aliphatic heterocycles. The van der Waals surface area contributed by atoms with Crippen molar-refractivity contribution < 1.29 is 14.4 Å². The third kappa shape index (κ3) is 3.10. The van der Waals surface area contributed by atoms with Crippen LogP contribution in [0.5, 0.6) is 0 Å². The lowest BCUT2D eigenvalue weighted by Crippen LogP contribution is -2.40. The van der Waals surface area contributed by atoms with E-state index in [1.165, 1.54) is 0 Å². The molecule has 0 bridgehead atoms. The minimum atomic E-state index is -0.367. The molecule has 0 unspecified atom stereocenters. The van der Waals surface area contributed by atoms with Gasteiger partial charge in [0.25, 0.3) is 11.1 Å². The van der Waals surface area contributed by atoms with Gasteiger partial charge in [0.15, 0.2) is 0 Å². The van der Waals surface area contributed by atoms with Gasteiger partial charge in [0, 0.05) is 22.8 Å². The lowest BCUT2D eigenvalue weighted by atomic mass is 10.3. The molecule has 0 atom stereocenters. The molecular formula is C15H16N2O3S2. The van der Waals surface area contributed by atoms with Crippen LogP contribution in [-0.2, 0) is 9.59 Å². The van der Waals surface area contributed by atoms with Crippen LogP contribution in [0.4, 0.5) is 4.79 Å². The van der Waals surface area contributed by atoms with E-state index in [1.807, 2.05) is 19.1 Å². The number of likely N-dealkylation sites (tertiary alicyclic amines) is 1. The molecule has 0 aliphatic carbocycles. The highest BCUT2D eigenvalue weighted by atomic mass is 32.2. The first kappa shape index (κ1) is 15.3. The summed E-state index contributed by atoms with van der Waals surface area (Å²) in [5, 5.41) is -0.364. The molecule has 3 heterocycles. The fourth-order valence-corrected chi connectivity index (χ4v) is 4.22. The molecule has 22 heavy (non-hydrogen) atoms. The molecule has 2 saturated heterocycles. The normalized spacial score (nSPS) is 20.5. The van der Waals surface area contributed by atoms with Crippen molar-refractivity contribution in [1.29, 1.82) is 0 Å². The standard InChI is InChI=1S/C15H16N2O3S2/c1-10-4-5-11(21-10)8-12-14(19)17(15(20)22-12)9-13(18)16-6-2-3-7-16/h4-5,8H,2-3,6-7,9H2,1H3/b12-8-. The zero-order valence-corrected chi connectivity index (χ0v) is 13.8. The first-order valence-corrected chi connectivity index (χ1v) is 8.77. The topological polar surface area (TPSA) is 57.7 Å². The monoisotopic (exact) mass is 336 g/mol. The Bertz CT molecular complexity index is 659. The number of thiophene rings is 1. The Hall–Kier alpha value is -1.60. The number of carbonyl (C=O) groups excluding carboxylic acids is 3. The summed E-state index contributed by atoms with van der Waals surface area (Å²) < 4.78 is 0. The van der Waals surface area contributed by atoms with E-state index in [0.29, 0.717) is 4.91 Å². The Labute approximate surface area is 137 Å². The van der Waals surface area contributed by atoms with Crippen molar-refractivity contribution in [2.24, 2.45) is 0 Å². The van der Waals surface area contributed by atoms with Crippen LogP contribution in [0.25, 0.3) is 6.08 Å². The van der Waals surface area contributed by atoms with Crippen LogP contribution < -0.4 is 0 Å². The molecular weight excluding hydrogens is 320 g/mol. The number of carbonyl (C=O) groups is 3. The molecule has 7 heteroatoms. The molecule has 0 aromatic carbocycles. The van der Waals surface area contributed by atoms with E-state index in [9.17, 15) is 14.4 Å². The lowest BCUT2D eigenvalue weighted by Gasteiger charge is -2.18. The van der Waals surface area contributed by atoms with Gasteiger partial charge >= 0.3 is 0 Å². The quantitative estimate of drug-likeness (QED) is 0.797. The molecule has 0 radical (unpaired) electrons. The van der Waals surface area contributed by atoms with E-state index in [-0.39, 0.29) is 23.6 Å². The Morgan fingerprint density at radius 3 is 2.64 bits per heavy atom. The number of amides is 3. The highest BCUT2D eigenvalue weighted by Crippen LogP contribution is 2.33. The fraction of sp³-hybridized carbons (Fsp3) is 0.400. The number of hydrogen-bond acceptors (Lipinski definition) is 5. The van der Waals surface area contributed by atoms with Gasteiger partial charge in [-0.2, -0.15) is 0 Å². The van der Waals surface area contributed by atoms with Crippen molar-refractivity contribution in [2.75, 3.05) is 19.6 Å². The summed E-state index contributed by atoms with van der Waals surface area (Å²) in [6.07, 6.45) is 3.71. The van der Waals surface area contributed by atoms with E-state index in [2.05, 4.69) is 0 Å². The molecule has 0 saturated carbocycles. The largest absolute Gasteiger partial charge is 0.341 e. The summed E-state index contributed by atoms with van der Waals surface area (Å²) in [6, 6.07) is 3.89. The zero-order chi connectivity index (χ0) is 15.7. The molecule has 1 aromatic heterocycles. The van der Waals surface area contributed by atoms with Gasteiger partial charge in [-0.05, 0) is 49.7 Å². The number of aryl methyl sites for hydroxylation is 1. The molecule has 116 valence electrons. The maximum absolute atomic E-state index is 12.3. The van der Waals surface area contributed by atoms with Crippen LogP contribution in [0.1, 0.15) is 22.6 Å². The third-order valence-corrected chi connectivity index (χ3v) is 5.52. The SMILES string of the molecule is Cc1ccc(/C=C2\SC(=O)N(CC(=O)N3CCCC3)C2=O)s1. The summed E-state index contributed by atoms with van der Waals surface area (Å²) in [5.74, 6) is -0.512. The Morgan fingerprint density at radius 1 is 1.27 bits per heavy atom. The van der Waals surface area contributed by atoms with E-state index in [4.69, 9.17) is 0 Å². The fourth-order valence-electron chi connectivity index (χ4n) is 2.50. The van der Waals surface area contributed by atoms with Gasteiger partial charge in [0.2, 0.25) is 5.91 Å². The van der Waals surface area contributed by atoms with E-state index < -0.39 is 0 Å². The van der Waals surface area contributed by atoms with Gasteiger partial charge in [-0.25, -0.2) is 0 Å². The Balaban J connectivity index is 1.71. The predicted molar refractivity (Wildman–Crippen MR) is 87.5 cm³/mol. The summed E-state index contributed by atoms with van der Waals surface area (Å²) in [7, 11) is 0. The van der Waals surface area contributed by atoms with Crippen LogP contribution in [0, 0.1) is 6.92 Å². The highest BCUT2D eigenvalue weighted by Gasteiger charge is 2.37. The number of thioether (sulfide) groups is 1. The van der Waals surface area contributed by atoms with Gasteiger partial charge in [0.05, 0.1) is 4.91 Å². The van der Waals surface area contributed by atoms with Crippen molar-refractivity contribution in [3.63, 3.8) is 0 Å². The zero-order valence-electron chi connectivity index (χ0n) is 12.2. The summed E-state index contributed by atoms with van der Waals surface area (Å²) in [4.78, 5) is 41.7. The van der Waals surface area contributed by atoms with Crippen molar-refractivity contribution >= 4 is 46.2 Å². The molecule has 1 aromatic rings. The van der Waals surface area contributed by atoms with Crippen molar-refractivity contribution in [3.05, 3.63) is 26.8 Å². The second-order valence-corrected chi connectivity index (χ2v) is 7.62. The maximum atomic E-state index is 12.3. The Kier molecular flexibility index (Phi) is 4.35. The number of hydrogen-bond donors (Lipinski definition) is 0. The first-order valence-electron chi connectivity index (χ1n) is 7.14. The van der Waals surface area contributed by atoms with Crippen LogP contribution in [0.2, 0.25) is 0 Å². The second-order valence-electron chi connectivity index (χ2n) is 5.30. The van der Waals surface area contributed by atoms with Gasteiger partial charge in [-0.15, -0.1) is 11.3 Å². The number of rotatable bonds is 3. The molecule has 5 nitrogen and oxygen atoms in total. The van der Waals surface area contributed by atoms with Crippen LogP contribution in [0.15, 0.2) is 17.0 Å². The smallest absolute Gasteiger partial charge is 0.294 e. The summed E-state index contributed by atoms with van der Waals surface area (Å²) >= 11 is 2.47. The van der Waals surface area contributed by atoms with Crippen molar-refractivity contribution in [2.45, 2.75) is 19.8 Å². The van der Waals surface area contributed by atoms with E-state index in [0.717, 1.165) is 52.3 Å². The predicted octanol–water partition coefficient (Wildman–Crippen LogP) is 2.72.